The Morgan fingerprint density at radius 2 is 1.92 bits per heavy atom. The quantitative estimate of drug-likeness (QED) is 0.510. The van der Waals surface area contributed by atoms with Crippen molar-refractivity contribution in [3.05, 3.63) is 53.6 Å². The van der Waals surface area contributed by atoms with E-state index < -0.39 is 11.9 Å². The molecule has 0 atom stereocenters. The number of carbonyl (C=O) groups excluding carboxylic acids is 1. The molecule has 1 aliphatic heterocycles. The van der Waals surface area contributed by atoms with Crippen molar-refractivity contribution in [3.8, 4) is 11.5 Å². The van der Waals surface area contributed by atoms with Gasteiger partial charge in [-0.25, -0.2) is 4.79 Å². The standard InChI is InChI=1S/C18H15NO5/c20-14-8-5-12(6-9-14)4-7-13-2-1-3-15-18(13)24-17(23)11-19(15)10-16(21)22/h1-9,20H,10-11H2,(H,21,22). The molecule has 2 aromatic rings. The molecule has 2 N–H and O–H groups in total. The molecule has 0 saturated carbocycles. The first kappa shape index (κ1) is 15.6. The second kappa shape index (κ2) is 6.45. The van der Waals surface area contributed by atoms with E-state index in [0.29, 0.717) is 17.0 Å². The number of esters is 1. The molecule has 2 aromatic carbocycles. The number of phenolic OH excluding ortho intramolecular Hbond substituents is 1. The molecule has 0 saturated heterocycles. The van der Waals surface area contributed by atoms with Gasteiger partial charge in [-0.1, -0.05) is 36.4 Å². The van der Waals surface area contributed by atoms with Crippen molar-refractivity contribution in [2.45, 2.75) is 0 Å². The van der Waals surface area contributed by atoms with Gasteiger partial charge < -0.3 is 19.8 Å². The summed E-state index contributed by atoms with van der Waals surface area (Å²) in [4.78, 5) is 24.2. The van der Waals surface area contributed by atoms with Crippen LogP contribution in [0.4, 0.5) is 5.69 Å². The van der Waals surface area contributed by atoms with Crippen LogP contribution in [-0.4, -0.2) is 35.2 Å². The average Bonchev–Trinajstić information content (AvgIpc) is 2.54. The fourth-order valence-electron chi connectivity index (χ4n) is 2.50. The minimum atomic E-state index is -1.01. The monoisotopic (exact) mass is 325 g/mol. The molecule has 0 aromatic heterocycles. The topological polar surface area (TPSA) is 87.1 Å². The lowest BCUT2D eigenvalue weighted by atomic mass is 10.1. The van der Waals surface area contributed by atoms with Gasteiger partial charge in [0.05, 0.1) is 5.69 Å². The first-order chi connectivity index (χ1) is 11.5. The van der Waals surface area contributed by atoms with E-state index in [4.69, 9.17) is 9.84 Å². The molecule has 24 heavy (non-hydrogen) atoms. The number of hydrogen-bond donors (Lipinski definition) is 2. The molecule has 0 fully saturated rings. The van der Waals surface area contributed by atoms with Crippen LogP contribution in [0.5, 0.6) is 11.5 Å². The van der Waals surface area contributed by atoms with E-state index in [1.807, 2.05) is 6.08 Å². The normalized spacial score (nSPS) is 13.7. The van der Waals surface area contributed by atoms with Crippen LogP contribution in [-0.2, 0) is 9.59 Å². The van der Waals surface area contributed by atoms with E-state index in [9.17, 15) is 14.7 Å². The third kappa shape index (κ3) is 3.38. The highest BCUT2D eigenvalue weighted by molar-refractivity contribution is 5.90. The Morgan fingerprint density at radius 1 is 1.17 bits per heavy atom. The van der Waals surface area contributed by atoms with Crippen LogP contribution in [0.2, 0.25) is 0 Å². The van der Waals surface area contributed by atoms with Crippen LogP contribution < -0.4 is 9.64 Å². The zero-order valence-corrected chi connectivity index (χ0v) is 12.7. The van der Waals surface area contributed by atoms with E-state index >= 15 is 0 Å². The highest BCUT2D eigenvalue weighted by atomic mass is 16.5. The van der Waals surface area contributed by atoms with E-state index in [1.54, 1.807) is 48.5 Å². The number of nitrogens with zero attached hydrogens (tertiary/aromatic N) is 1. The molecule has 6 nitrogen and oxygen atoms in total. The summed E-state index contributed by atoms with van der Waals surface area (Å²) in [6.07, 6.45) is 3.60. The number of benzene rings is 2. The lowest BCUT2D eigenvalue weighted by molar-refractivity contribution is -0.136. The number of carbonyl (C=O) groups is 2. The van der Waals surface area contributed by atoms with E-state index in [-0.39, 0.29) is 18.8 Å². The molecule has 0 unspecified atom stereocenters. The molecule has 3 rings (SSSR count). The van der Waals surface area contributed by atoms with Crippen LogP contribution in [0.15, 0.2) is 42.5 Å². The van der Waals surface area contributed by atoms with Gasteiger partial charge in [0.1, 0.15) is 18.8 Å². The second-order valence-electron chi connectivity index (χ2n) is 5.34. The van der Waals surface area contributed by atoms with Crippen LogP contribution in [0.25, 0.3) is 12.2 Å². The van der Waals surface area contributed by atoms with Crippen molar-refractivity contribution in [2.75, 3.05) is 18.0 Å². The van der Waals surface area contributed by atoms with Gasteiger partial charge in [-0.3, -0.25) is 4.79 Å². The molecule has 0 spiro atoms. The maximum Gasteiger partial charge on any atom is 0.331 e. The molecular formula is C18H15NO5. The molecule has 122 valence electrons. The van der Waals surface area contributed by atoms with E-state index in [2.05, 4.69) is 0 Å². The number of carboxylic acids is 1. The Bertz CT molecular complexity index is 811. The van der Waals surface area contributed by atoms with Crippen LogP contribution in [0.3, 0.4) is 0 Å². The molecule has 1 heterocycles. The van der Waals surface area contributed by atoms with E-state index in [1.165, 1.54) is 4.90 Å². The number of rotatable bonds is 4. The zero-order valence-electron chi connectivity index (χ0n) is 12.7. The van der Waals surface area contributed by atoms with Crippen molar-refractivity contribution < 1.29 is 24.5 Å². The van der Waals surface area contributed by atoms with Gasteiger partial charge in [-0.2, -0.15) is 0 Å². The van der Waals surface area contributed by atoms with Crippen molar-refractivity contribution in [1.29, 1.82) is 0 Å². The summed E-state index contributed by atoms with van der Waals surface area (Å²) in [6.45, 7) is -0.363. The summed E-state index contributed by atoms with van der Waals surface area (Å²) in [6, 6.07) is 12.0. The first-order valence-corrected chi connectivity index (χ1v) is 7.30. The number of anilines is 1. The number of hydrogen-bond acceptors (Lipinski definition) is 5. The Balaban J connectivity index is 1.94. The maximum absolute atomic E-state index is 11.8. The van der Waals surface area contributed by atoms with Crippen molar-refractivity contribution in [2.24, 2.45) is 0 Å². The molecular weight excluding hydrogens is 310 g/mol. The third-order valence-corrected chi connectivity index (χ3v) is 3.58. The predicted molar refractivity (Wildman–Crippen MR) is 89.0 cm³/mol. The Kier molecular flexibility index (Phi) is 4.20. The van der Waals surface area contributed by atoms with Gasteiger partial charge in [0.25, 0.3) is 0 Å². The molecule has 6 heteroatoms. The van der Waals surface area contributed by atoms with Gasteiger partial charge in [-0.05, 0) is 23.8 Å². The number of ether oxygens (including phenoxy) is 1. The number of aliphatic carboxylic acids is 1. The van der Waals surface area contributed by atoms with Gasteiger partial charge in [-0.15, -0.1) is 0 Å². The van der Waals surface area contributed by atoms with E-state index in [0.717, 1.165) is 5.56 Å². The Morgan fingerprint density at radius 3 is 2.62 bits per heavy atom. The Labute approximate surface area is 138 Å². The molecule has 0 amide bonds. The summed E-state index contributed by atoms with van der Waals surface area (Å²) in [7, 11) is 0. The molecule has 1 aliphatic rings. The van der Waals surface area contributed by atoms with Gasteiger partial charge in [0, 0.05) is 5.56 Å². The van der Waals surface area contributed by atoms with Crippen molar-refractivity contribution >= 4 is 29.8 Å². The number of phenols is 1. The van der Waals surface area contributed by atoms with Gasteiger partial charge in [0.2, 0.25) is 0 Å². The smallest absolute Gasteiger partial charge is 0.331 e. The molecule has 0 bridgehead atoms. The summed E-state index contributed by atoms with van der Waals surface area (Å²) in [5, 5.41) is 18.3. The number of aromatic hydroxyl groups is 1. The zero-order chi connectivity index (χ0) is 17.1. The highest BCUT2D eigenvalue weighted by Gasteiger charge is 2.26. The van der Waals surface area contributed by atoms with Crippen molar-refractivity contribution in [3.63, 3.8) is 0 Å². The van der Waals surface area contributed by atoms with Crippen LogP contribution in [0.1, 0.15) is 11.1 Å². The first-order valence-electron chi connectivity index (χ1n) is 7.30. The fraction of sp³-hybridized carbons (Fsp3) is 0.111. The molecule has 0 radical (unpaired) electrons. The lowest BCUT2D eigenvalue weighted by Gasteiger charge is -2.29. The Hall–Kier alpha value is -3.28. The largest absolute Gasteiger partial charge is 0.508 e. The van der Waals surface area contributed by atoms with Gasteiger partial charge >= 0.3 is 11.9 Å². The number of fused-ring (bicyclic) bond motifs is 1. The van der Waals surface area contributed by atoms with Crippen LogP contribution in [0, 0.1) is 0 Å². The third-order valence-electron chi connectivity index (χ3n) is 3.58. The maximum atomic E-state index is 11.8. The summed E-state index contributed by atoms with van der Waals surface area (Å²) in [5.41, 5.74) is 2.11. The highest BCUT2D eigenvalue weighted by Crippen LogP contribution is 2.36. The SMILES string of the molecule is O=C(O)CN1CC(=O)Oc2c(C=Cc3ccc(O)cc3)cccc21. The number of para-hydroxylation sites is 1. The number of carboxylic acid groups (broad SMARTS) is 1. The fourth-order valence-corrected chi connectivity index (χ4v) is 2.50. The summed E-state index contributed by atoms with van der Waals surface area (Å²) < 4.78 is 5.32. The second-order valence-corrected chi connectivity index (χ2v) is 5.34. The summed E-state index contributed by atoms with van der Waals surface area (Å²) >= 11 is 0. The predicted octanol–water partition coefficient (Wildman–Crippen LogP) is 2.37. The minimum absolute atomic E-state index is 0.0928. The van der Waals surface area contributed by atoms with Crippen LogP contribution >= 0.6 is 0 Å². The molecule has 0 aliphatic carbocycles. The lowest BCUT2D eigenvalue weighted by Crippen LogP contribution is -2.40. The van der Waals surface area contributed by atoms with Gasteiger partial charge in [0.15, 0.2) is 5.75 Å². The summed E-state index contributed by atoms with van der Waals surface area (Å²) in [5.74, 6) is -0.970. The van der Waals surface area contributed by atoms with Crippen molar-refractivity contribution in [1.82, 2.24) is 0 Å². The average molecular weight is 325 g/mol. The minimum Gasteiger partial charge on any atom is -0.508 e.